The van der Waals surface area contributed by atoms with E-state index in [-0.39, 0.29) is 5.82 Å². The molecule has 0 bridgehead atoms. The van der Waals surface area contributed by atoms with Crippen LogP contribution in [0.5, 0.6) is 0 Å². The van der Waals surface area contributed by atoms with Crippen molar-refractivity contribution in [3.05, 3.63) is 77.4 Å². The fraction of sp³-hybridized carbons (Fsp3) is 0. The molecular weight excluding hydrogens is 309 g/mol. The number of nitrogens with zero attached hydrogens (tertiary/aromatic N) is 2. The van der Waals surface area contributed by atoms with Crippen molar-refractivity contribution in [2.45, 2.75) is 0 Å². The highest BCUT2D eigenvalue weighted by Crippen LogP contribution is 2.24. The highest BCUT2D eigenvalue weighted by molar-refractivity contribution is 7.14. The third-order valence-electron chi connectivity index (χ3n) is 3.05. The van der Waals surface area contributed by atoms with Crippen LogP contribution < -0.4 is 5.43 Å². The second kappa shape index (κ2) is 7.47. The van der Waals surface area contributed by atoms with Gasteiger partial charge in [-0.25, -0.2) is 9.37 Å². The van der Waals surface area contributed by atoms with Crippen LogP contribution >= 0.6 is 11.3 Å². The van der Waals surface area contributed by atoms with E-state index in [4.69, 9.17) is 0 Å². The van der Waals surface area contributed by atoms with Gasteiger partial charge in [-0.1, -0.05) is 36.4 Å². The predicted molar refractivity (Wildman–Crippen MR) is 95.1 cm³/mol. The molecule has 0 atom stereocenters. The molecule has 1 aromatic heterocycles. The zero-order chi connectivity index (χ0) is 15.9. The topological polar surface area (TPSA) is 37.3 Å². The number of rotatable bonds is 5. The summed E-state index contributed by atoms with van der Waals surface area (Å²) in [6, 6.07) is 16.3. The number of nitrogens with one attached hydrogen (secondary N) is 1. The van der Waals surface area contributed by atoms with E-state index in [0.717, 1.165) is 16.8 Å². The first-order chi connectivity index (χ1) is 11.3. The summed E-state index contributed by atoms with van der Waals surface area (Å²) in [5, 5.41) is 6.70. The van der Waals surface area contributed by atoms with Gasteiger partial charge in [0.15, 0.2) is 0 Å². The highest BCUT2D eigenvalue weighted by atomic mass is 32.1. The Kier molecular flexibility index (Phi) is 4.91. The van der Waals surface area contributed by atoms with Crippen molar-refractivity contribution < 1.29 is 4.39 Å². The molecule has 0 spiro atoms. The number of benzene rings is 2. The summed E-state index contributed by atoms with van der Waals surface area (Å²) >= 11 is 1.45. The summed E-state index contributed by atoms with van der Waals surface area (Å²) in [5.41, 5.74) is 5.68. The third kappa shape index (κ3) is 4.34. The first-order valence-corrected chi connectivity index (χ1v) is 7.91. The van der Waals surface area contributed by atoms with Crippen LogP contribution in [0.25, 0.3) is 17.3 Å². The number of aromatic nitrogens is 1. The molecule has 23 heavy (non-hydrogen) atoms. The van der Waals surface area contributed by atoms with Crippen molar-refractivity contribution in [2.75, 3.05) is 5.43 Å². The second-order valence-electron chi connectivity index (χ2n) is 4.70. The van der Waals surface area contributed by atoms with Crippen molar-refractivity contribution in [2.24, 2.45) is 5.10 Å². The van der Waals surface area contributed by atoms with Gasteiger partial charge in [-0.05, 0) is 35.9 Å². The third-order valence-corrected chi connectivity index (χ3v) is 3.80. The van der Waals surface area contributed by atoms with Gasteiger partial charge in [0.2, 0.25) is 5.13 Å². The molecule has 0 aliphatic heterocycles. The lowest BCUT2D eigenvalue weighted by Crippen LogP contribution is -1.87. The van der Waals surface area contributed by atoms with Crippen LogP contribution in [0.1, 0.15) is 5.56 Å². The van der Waals surface area contributed by atoms with Gasteiger partial charge in [0, 0.05) is 17.2 Å². The fourth-order valence-corrected chi connectivity index (χ4v) is 2.60. The van der Waals surface area contributed by atoms with Crippen molar-refractivity contribution >= 4 is 28.8 Å². The summed E-state index contributed by atoms with van der Waals surface area (Å²) in [6.07, 6.45) is 5.50. The Morgan fingerprint density at radius 3 is 2.61 bits per heavy atom. The molecule has 0 amide bonds. The second-order valence-corrected chi connectivity index (χ2v) is 5.56. The highest BCUT2D eigenvalue weighted by Gasteiger charge is 2.03. The normalized spacial score (nSPS) is 11.3. The van der Waals surface area contributed by atoms with Crippen LogP contribution in [0.3, 0.4) is 0 Å². The molecule has 5 heteroatoms. The molecule has 3 aromatic rings. The van der Waals surface area contributed by atoms with Gasteiger partial charge in [-0.3, -0.25) is 5.43 Å². The predicted octanol–water partition coefficient (Wildman–Crippen LogP) is 5.06. The number of hydrazone groups is 1. The Morgan fingerprint density at radius 2 is 1.83 bits per heavy atom. The van der Waals surface area contributed by atoms with Crippen molar-refractivity contribution in [3.8, 4) is 11.3 Å². The van der Waals surface area contributed by atoms with E-state index in [1.807, 2.05) is 47.9 Å². The Hall–Kier alpha value is -2.79. The fourth-order valence-electron chi connectivity index (χ4n) is 1.93. The van der Waals surface area contributed by atoms with Crippen LogP contribution in [-0.4, -0.2) is 11.2 Å². The number of hydrogen-bond donors (Lipinski definition) is 1. The number of halogens is 1. The first-order valence-electron chi connectivity index (χ1n) is 7.03. The minimum Gasteiger partial charge on any atom is -0.253 e. The van der Waals surface area contributed by atoms with E-state index in [0.29, 0.717) is 5.13 Å². The molecule has 0 saturated carbocycles. The van der Waals surface area contributed by atoms with E-state index >= 15 is 0 Å². The van der Waals surface area contributed by atoms with Crippen molar-refractivity contribution in [1.29, 1.82) is 0 Å². The molecule has 1 heterocycles. The van der Waals surface area contributed by atoms with E-state index in [9.17, 15) is 4.39 Å². The Morgan fingerprint density at radius 1 is 1.04 bits per heavy atom. The largest absolute Gasteiger partial charge is 0.253 e. The Bertz CT molecular complexity index is 808. The van der Waals surface area contributed by atoms with Gasteiger partial charge in [0.05, 0.1) is 5.69 Å². The monoisotopic (exact) mass is 323 g/mol. The zero-order valence-corrected chi connectivity index (χ0v) is 13.0. The van der Waals surface area contributed by atoms with Crippen LogP contribution in [0.2, 0.25) is 0 Å². The maximum absolute atomic E-state index is 12.9. The average molecular weight is 323 g/mol. The SMILES string of the molecule is Fc1ccc(-c2csc(N/N=C\C=C\c3ccccc3)n2)cc1. The lowest BCUT2D eigenvalue weighted by molar-refractivity contribution is 0.628. The van der Waals surface area contributed by atoms with E-state index in [1.165, 1.54) is 23.5 Å². The van der Waals surface area contributed by atoms with Gasteiger partial charge in [-0.2, -0.15) is 5.10 Å². The minimum absolute atomic E-state index is 0.253. The first kappa shape index (κ1) is 15.1. The molecule has 0 radical (unpaired) electrons. The van der Waals surface area contributed by atoms with Gasteiger partial charge in [0.25, 0.3) is 0 Å². The number of anilines is 1. The molecule has 114 valence electrons. The lowest BCUT2D eigenvalue weighted by Gasteiger charge is -1.95. The Labute approximate surface area is 137 Å². The summed E-state index contributed by atoms with van der Waals surface area (Å²) < 4.78 is 12.9. The quantitative estimate of drug-likeness (QED) is 0.526. The van der Waals surface area contributed by atoms with E-state index in [1.54, 1.807) is 18.3 Å². The number of hydrogen-bond acceptors (Lipinski definition) is 4. The molecular formula is C18H14FN3S. The molecule has 3 rings (SSSR count). The van der Waals surface area contributed by atoms with Crippen LogP contribution in [0, 0.1) is 5.82 Å². The lowest BCUT2D eigenvalue weighted by atomic mass is 10.2. The van der Waals surface area contributed by atoms with Gasteiger partial charge >= 0.3 is 0 Å². The van der Waals surface area contributed by atoms with Crippen molar-refractivity contribution in [3.63, 3.8) is 0 Å². The molecule has 0 fully saturated rings. The van der Waals surface area contributed by atoms with Gasteiger partial charge < -0.3 is 0 Å². The molecule has 0 aliphatic rings. The molecule has 3 nitrogen and oxygen atoms in total. The van der Waals surface area contributed by atoms with Crippen molar-refractivity contribution in [1.82, 2.24) is 4.98 Å². The number of allylic oxidation sites excluding steroid dienone is 1. The minimum atomic E-state index is -0.253. The van der Waals surface area contributed by atoms with Gasteiger partial charge in [0.1, 0.15) is 5.82 Å². The average Bonchev–Trinajstić information content (AvgIpc) is 3.05. The summed E-state index contributed by atoms with van der Waals surface area (Å²) in [7, 11) is 0. The zero-order valence-electron chi connectivity index (χ0n) is 12.2. The molecule has 0 aliphatic carbocycles. The number of thiazole rings is 1. The maximum atomic E-state index is 12.9. The molecule has 1 N–H and O–H groups in total. The summed E-state index contributed by atoms with van der Waals surface area (Å²) in [4.78, 5) is 4.41. The van der Waals surface area contributed by atoms with Crippen LogP contribution in [0.15, 0.2) is 71.2 Å². The maximum Gasteiger partial charge on any atom is 0.203 e. The summed E-state index contributed by atoms with van der Waals surface area (Å²) in [6.45, 7) is 0. The molecule has 0 saturated heterocycles. The molecule has 2 aromatic carbocycles. The smallest absolute Gasteiger partial charge is 0.203 e. The molecule has 0 unspecified atom stereocenters. The van der Waals surface area contributed by atoms with Gasteiger partial charge in [-0.15, -0.1) is 11.3 Å². The van der Waals surface area contributed by atoms with Crippen LogP contribution in [0.4, 0.5) is 9.52 Å². The summed E-state index contributed by atoms with van der Waals surface area (Å²) in [5.74, 6) is -0.253. The van der Waals surface area contributed by atoms with E-state index < -0.39 is 0 Å². The Balaban J connectivity index is 1.58. The van der Waals surface area contributed by atoms with E-state index in [2.05, 4.69) is 15.5 Å². The van der Waals surface area contributed by atoms with Crippen LogP contribution in [-0.2, 0) is 0 Å². The standard InChI is InChI=1S/C18H14FN3S/c19-16-10-8-15(9-11-16)17-13-23-18(21-17)22-20-12-4-7-14-5-2-1-3-6-14/h1-13H,(H,21,22)/b7-4+,20-12-.